The number of esters is 1. The molecule has 0 aromatic heterocycles. The minimum Gasteiger partial charge on any atom is -0.421 e. The fourth-order valence-corrected chi connectivity index (χ4v) is 4.67. The Balaban J connectivity index is 1.66. The molecule has 4 nitrogen and oxygen atoms in total. The topological polar surface area (TPSA) is 60.4 Å². The third kappa shape index (κ3) is 4.29. The van der Waals surface area contributed by atoms with Crippen molar-refractivity contribution >= 4 is 29.1 Å². The summed E-state index contributed by atoms with van der Waals surface area (Å²) >= 11 is 6.02. The van der Waals surface area contributed by atoms with Crippen molar-refractivity contribution < 1.29 is 19.1 Å². The first kappa shape index (κ1) is 22.5. The quantitative estimate of drug-likeness (QED) is 0.498. The molecule has 166 valence electrons. The zero-order valence-corrected chi connectivity index (χ0v) is 19.4. The van der Waals surface area contributed by atoms with Gasteiger partial charge in [-0.3, -0.25) is 14.4 Å². The summed E-state index contributed by atoms with van der Waals surface area (Å²) in [6.45, 7) is 5.20. The highest BCUT2D eigenvalue weighted by molar-refractivity contribution is 6.30. The van der Waals surface area contributed by atoms with Crippen molar-refractivity contribution in [3.8, 4) is 0 Å². The molecule has 2 aliphatic rings. The number of benzene rings is 2. The van der Waals surface area contributed by atoms with Crippen LogP contribution in [0.2, 0.25) is 5.02 Å². The number of allylic oxidation sites excluding steroid dienone is 2. The van der Waals surface area contributed by atoms with Gasteiger partial charge in [0.2, 0.25) is 5.78 Å². The van der Waals surface area contributed by atoms with Crippen LogP contribution in [0.1, 0.15) is 78.7 Å². The molecular formula is C27H27ClO4. The first-order valence-corrected chi connectivity index (χ1v) is 11.4. The number of Topliss-reactive ketones (excluding diaryl/α,β-unsaturated/α-hetero) is 2. The van der Waals surface area contributed by atoms with Crippen molar-refractivity contribution in [3.63, 3.8) is 0 Å². The van der Waals surface area contributed by atoms with Gasteiger partial charge in [-0.05, 0) is 76.0 Å². The van der Waals surface area contributed by atoms with Crippen molar-refractivity contribution in [2.45, 2.75) is 52.4 Å². The van der Waals surface area contributed by atoms with Crippen molar-refractivity contribution in [1.82, 2.24) is 0 Å². The molecule has 2 aromatic carbocycles. The fourth-order valence-electron chi connectivity index (χ4n) is 4.54. The van der Waals surface area contributed by atoms with E-state index in [0.717, 1.165) is 25.7 Å². The molecule has 0 unspecified atom stereocenters. The number of hydrogen-bond donors (Lipinski definition) is 0. The maximum atomic E-state index is 13.5. The van der Waals surface area contributed by atoms with Gasteiger partial charge in [-0.1, -0.05) is 48.0 Å². The van der Waals surface area contributed by atoms with Gasteiger partial charge in [0, 0.05) is 16.1 Å². The Morgan fingerprint density at radius 2 is 1.38 bits per heavy atom. The average Bonchev–Trinajstić information content (AvgIpc) is 2.77. The average molecular weight is 451 g/mol. The minimum absolute atomic E-state index is 0.0800. The van der Waals surface area contributed by atoms with Gasteiger partial charge in [-0.25, -0.2) is 0 Å². The van der Waals surface area contributed by atoms with Crippen LogP contribution in [0, 0.1) is 11.3 Å². The normalized spacial score (nSPS) is 21.4. The van der Waals surface area contributed by atoms with Gasteiger partial charge in [-0.2, -0.15) is 0 Å². The van der Waals surface area contributed by atoms with Crippen LogP contribution < -0.4 is 0 Å². The number of carbonyl (C=O) groups is 3. The van der Waals surface area contributed by atoms with Crippen molar-refractivity contribution in [2.24, 2.45) is 11.3 Å². The Morgan fingerprint density at radius 3 is 1.94 bits per heavy atom. The molecular weight excluding hydrogens is 424 g/mol. The molecule has 0 bridgehead atoms. The van der Waals surface area contributed by atoms with Crippen LogP contribution in [-0.4, -0.2) is 17.5 Å². The second-order valence-corrected chi connectivity index (χ2v) is 10.1. The highest BCUT2D eigenvalue weighted by atomic mass is 35.5. The van der Waals surface area contributed by atoms with Gasteiger partial charge >= 0.3 is 5.97 Å². The number of ketones is 2. The summed E-state index contributed by atoms with van der Waals surface area (Å²) in [4.78, 5) is 39.4. The van der Waals surface area contributed by atoms with Crippen molar-refractivity contribution in [3.05, 3.63) is 81.6 Å². The SMILES string of the molecule is CC(C)(C)C(=O)OC1=C([C@H]2CC[C@H](c3ccc(Cl)cc3)CC2)C(=O)c2ccccc2C1=O. The van der Waals surface area contributed by atoms with Crippen LogP contribution in [0.5, 0.6) is 0 Å². The molecule has 32 heavy (non-hydrogen) atoms. The molecule has 0 spiro atoms. The molecule has 0 aliphatic heterocycles. The van der Waals surface area contributed by atoms with Gasteiger partial charge in [0.15, 0.2) is 11.5 Å². The van der Waals surface area contributed by atoms with E-state index in [0.29, 0.717) is 27.6 Å². The summed E-state index contributed by atoms with van der Waals surface area (Å²) in [6, 6.07) is 14.7. The van der Waals surface area contributed by atoms with Crippen molar-refractivity contribution in [2.75, 3.05) is 0 Å². The monoisotopic (exact) mass is 450 g/mol. The molecule has 1 saturated carbocycles. The lowest BCUT2D eigenvalue weighted by Gasteiger charge is -2.32. The van der Waals surface area contributed by atoms with Gasteiger partial charge in [0.05, 0.1) is 11.0 Å². The highest BCUT2D eigenvalue weighted by Gasteiger charge is 2.40. The first-order valence-electron chi connectivity index (χ1n) is 11.1. The zero-order chi connectivity index (χ0) is 23.0. The van der Waals surface area contributed by atoms with E-state index in [1.165, 1.54) is 5.56 Å². The maximum Gasteiger partial charge on any atom is 0.316 e. The lowest BCUT2D eigenvalue weighted by atomic mass is 9.72. The van der Waals surface area contributed by atoms with Crippen LogP contribution in [0.4, 0.5) is 0 Å². The lowest BCUT2D eigenvalue weighted by molar-refractivity contribution is -0.148. The lowest BCUT2D eigenvalue weighted by Crippen LogP contribution is -2.32. The summed E-state index contributed by atoms with van der Waals surface area (Å²) in [5, 5.41) is 0.711. The van der Waals surface area contributed by atoms with E-state index in [4.69, 9.17) is 16.3 Å². The predicted molar refractivity (Wildman–Crippen MR) is 124 cm³/mol. The fraction of sp³-hybridized carbons (Fsp3) is 0.370. The third-order valence-corrected chi connectivity index (χ3v) is 6.65. The summed E-state index contributed by atoms with van der Waals surface area (Å²) in [5.41, 5.74) is 1.50. The van der Waals surface area contributed by atoms with Gasteiger partial charge in [0.1, 0.15) is 0 Å². The van der Waals surface area contributed by atoms with E-state index in [2.05, 4.69) is 12.1 Å². The van der Waals surface area contributed by atoms with E-state index in [9.17, 15) is 14.4 Å². The van der Waals surface area contributed by atoms with E-state index in [1.807, 2.05) is 12.1 Å². The summed E-state index contributed by atoms with van der Waals surface area (Å²) < 4.78 is 5.64. The molecule has 0 heterocycles. The standard InChI is InChI=1S/C27H27ClO4/c1-27(2,3)26(31)32-25-22(23(29)20-6-4-5-7-21(20)24(25)30)18-10-8-16(9-11-18)17-12-14-19(28)15-13-17/h4-7,12-16,18H,8-11H2,1-3H3/t16-,18-. The van der Waals surface area contributed by atoms with Gasteiger partial charge in [-0.15, -0.1) is 0 Å². The molecule has 0 radical (unpaired) electrons. The number of hydrogen-bond acceptors (Lipinski definition) is 4. The molecule has 4 rings (SSSR count). The highest BCUT2D eigenvalue weighted by Crippen LogP contribution is 2.43. The summed E-state index contributed by atoms with van der Waals surface area (Å²) in [6.07, 6.45) is 3.28. The smallest absolute Gasteiger partial charge is 0.316 e. The zero-order valence-electron chi connectivity index (χ0n) is 18.6. The molecule has 0 atom stereocenters. The second kappa shape index (κ2) is 8.67. The Labute approximate surface area is 193 Å². The molecule has 0 amide bonds. The third-order valence-electron chi connectivity index (χ3n) is 6.40. The van der Waals surface area contributed by atoms with E-state index in [-0.39, 0.29) is 23.2 Å². The molecule has 2 aromatic rings. The first-order chi connectivity index (χ1) is 15.2. The minimum atomic E-state index is -0.787. The number of halogens is 1. The van der Waals surface area contributed by atoms with Crippen LogP contribution in [0.15, 0.2) is 59.9 Å². The Kier molecular flexibility index (Phi) is 6.09. The number of rotatable bonds is 3. The Morgan fingerprint density at radius 1 is 0.844 bits per heavy atom. The van der Waals surface area contributed by atoms with Crippen LogP contribution in [-0.2, 0) is 9.53 Å². The molecule has 0 N–H and O–H groups in total. The van der Waals surface area contributed by atoms with E-state index in [1.54, 1.807) is 45.0 Å². The molecule has 0 saturated heterocycles. The van der Waals surface area contributed by atoms with Crippen molar-refractivity contribution in [1.29, 1.82) is 0 Å². The maximum absolute atomic E-state index is 13.5. The van der Waals surface area contributed by atoms with Crippen LogP contribution in [0.25, 0.3) is 0 Å². The predicted octanol–water partition coefficient (Wildman–Crippen LogP) is 6.54. The van der Waals surface area contributed by atoms with Crippen LogP contribution in [0.3, 0.4) is 0 Å². The summed E-state index contributed by atoms with van der Waals surface area (Å²) in [7, 11) is 0. The molecule has 5 heteroatoms. The van der Waals surface area contributed by atoms with Gasteiger partial charge in [0.25, 0.3) is 0 Å². The van der Waals surface area contributed by atoms with E-state index >= 15 is 0 Å². The van der Waals surface area contributed by atoms with Gasteiger partial charge < -0.3 is 4.74 Å². The molecule has 1 fully saturated rings. The largest absolute Gasteiger partial charge is 0.421 e. The number of carbonyl (C=O) groups excluding carboxylic acids is 3. The van der Waals surface area contributed by atoms with Crippen LogP contribution >= 0.6 is 11.6 Å². The molecule has 2 aliphatic carbocycles. The Bertz CT molecular complexity index is 1100. The second-order valence-electron chi connectivity index (χ2n) is 9.69. The number of ether oxygens (including phenoxy) is 1. The number of fused-ring (bicyclic) bond motifs is 1. The summed E-state index contributed by atoms with van der Waals surface area (Å²) in [5.74, 6) is -0.916. The Hall–Kier alpha value is -2.72. The van der Waals surface area contributed by atoms with E-state index < -0.39 is 11.4 Å².